The standard InChI is InChI=1S/C17H24N4OS.ClH/c1-12(17-20-14-6-2-3-7-15(14)21-17)23-11-16(22)19-10-13-5-4-8-18-9-13;/h2-3,6-7,12-13,18H,4-5,8-11H2,1H3,(H,19,22)(H,20,21);1H. The van der Waals surface area contributed by atoms with Crippen LogP contribution in [0.2, 0.25) is 0 Å². The maximum absolute atomic E-state index is 12.0. The van der Waals surface area contributed by atoms with Crippen LogP contribution in [0.25, 0.3) is 11.0 Å². The highest BCUT2D eigenvalue weighted by Crippen LogP contribution is 2.27. The van der Waals surface area contributed by atoms with Gasteiger partial charge in [-0.3, -0.25) is 4.79 Å². The Bertz CT molecular complexity index is 624. The molecule has 0 bridgehead atoms. The van der Waals surface area contributed by atoms with Crippen LogP contribution in [0, 0.1) is 5.92 Å². The zero-order valence-corrected chi connectivity index (χ0v) is 15.5. The highest BCUT2D eigenvalue weighted by atomic mass is 35.5. The number of para-hydroxylation sites is 2. The van der Waals surface area contributed by atoms with Crippen LogP contribution in [0.5, 0.6) is 0 Å². The van der Waals surface area contributed by atoms with E-state index in [2.05, 4.69) is 27.5 Å². The molecule has 132 valence electrons. The summed E-state index contributed by atoms with van der Waals surface area (Å²) in [5, 5.41) is 6.60. The van der Waals surface area contributed by atoms with Crippen LogP contribution in [0.15, 0.2) is 24.3 Å². The summed E-state index contributed by atoms with van der Waals surface area (Å²) in [6, 6.07) is 8.00. The lowest BCUT2D eigenvalue weighted by atomic mass is 10.00. The molecule has 1 amide bonds. The molecule has 0 radical (unpaired) electrons. The molecule has 2 heterocycles. The second-order valence-electron chi connectivity index (χ2n) is 6.11. The van der Waals surface area contributed by atoms with E-state index in [0.717, 1.165) is 36.5 Å². The molecule has 1 aliphatic rings. The summed E-state index contributed by atoms with van der Waals surface area (Å²) in [6.45, 7) is 4.99. The molecule has 3 rings (SSSR count). The molecule has 2 aromatic rings. The van der Waals surface area contributed by atoms with Crippen molar-refractivity contribution in [2.24, 2.45) is 5.92 Å². The third-order valence-corrected chi connectivity index (χ3v) is 5.40. The number of rotatable bonds is 6. The summed E-state index contributed by atoms with van der Waals surface area (Å²) in [5.74, 6) is 2.09. The van der Waals surface area contributed by atoms with Gasteiger partial charge in [0.05, 0.1) is 22.0 Å². The van der Waals surface area contributed by atoms with Crippen molar-refractivity contribution in [3.8, 4) is 0 Å². The lowest BCUT2D eigenvalue weighted by molar-refractivity contribution is -0.118. The fourth-order valence-corrected chi connectivity index (χ4v) is 3.63. The second kappa shape index (κ2) is 9.30. The fraction of sp³-hybridized carbons (Fsp3) is 0.529. The number of halogens is 1. The SMILES string of the molecule is CC(SCC(=O)NCC1CCCNC1)c1nc2ccccc2[nH]1.Cl. The Balaban J connectivity index is 0.00000208. The van der Waals surface area contributed by atoms with Gasteiger partial charge in [0.2, 0.25) is 5.91 Å². The van der Waals surface area contributed by atoms with E-state index in [4.69, 9.17) is 0 Å². The average Bonchev–Trinajstić information content (AvgIpc) is 3.03. The van der Waals surface area contributed by atoms with Gasteiger partial charge in [-0.05, 0) is 50.9 Å². The van der Waals surface area contributed by atoms with Gasteiger partial charge in [0.25, 0.3) is 0 Å². The molecule has 1 aromatic carbocycles. The number of benzene rings is 1. The predicted octanol–water partition coefficient (Wildman–Crippen LogP) is 2.89. The van der Waals surface area contributed by atoms with Crippen LogP contribution in [-0.2, 0) is 4.79 Å². The minimum Gasteiger partial charge on any atom is -0.355 e. The summed E-state index contributed by atoms with van der Waals surface area (Å²) >= 11 is 1.62. The highest BCUT2D eigenvalue weighted by molar-refractivity contribution is 8.00. The number of fused-ring (bicyclic) bond motifs is 1. The lowest BCUT2D eigenvalue weighted by Crippen LogP contribution is -2.38. The molecule has 1 saturated heterocycles. The molecular weight excluding hydrogens is 344 g/mol. The first kappa shape index (κ1) is 19.1. The molecule has 2 unspecified atom stereocenters. The van der Waals surface area contributed by atoms with Gasteiger partial charge in [-0.25, -0.2) is 4.98 Å². The molecular formula is C17H25ClN4OS. The van der Waals surface area contributed by atoms with Crippen molar-refractivity contribution in [3.63, 3.8) is 0 Å². The number of aromatic nitrogens is 2. The summed E-state index contributed by atoms with van der Waals surface area (Å²) in [5.41, 5.74) is 2.02. The highest BCUT2D eigenvalue weighted by Gasteiger charge is 2.16. The predicted molar refractivity (Wildman–Crippen MR) is 103 cm³/mol. The van der Waals surface area contributed by atoms with Crippen molar-refractivity contribution in [3.05, 3.63) is 30.1 Å². The Kier molecular flexibility index (Phi) is 7.40. The number of hydrogen-bond acceptors (Lipinski definition) is 4. The molecule has 0 aliphatic carbocycles. The van der Waals surface area contributed by atoms with Crippen LogP contribution >= 0.6 is 24.2 Å². The Morgan fingerprint density at radius 3 is 3.04 bits per heavy atom. The number of nitrogens with one attached hydrogen (secondary N) is 3. The van der Waals surface area contributed by atoms with Crippen molar-refractivity contribution in [2.75, 3.05) is 25.4 Å². The molecule has 3 N–H and O–H groups in total. The average molecular weight is 369 g/mol. The molecule has 1 fully saturated rings. The summed E-state index contributed by atoms with van der Waals surface area (Å²) in [4.78, 5) is 19.9. The van der Waals surface area contributed by atoms with E-state index in [1.54, 1.807) is 11.8 Å². The third-order valence-electron chi connectivity index (χ3n) is 4.24. The normalized spacial score (nSPS) is 18.8. The van der Waals surface area contributed by atoms with E-state index in [-0.39, 0.29) is 23.6 Å². The monoisotopic (exact) mass is 368 g/mol. The molecule has 0 spiro atoms. The number of hydrogen-bond donors (Lipinski definition) is 3. The molecule has 5 nitrogen and oxygen atoms in total. The van der Waals surface area contributed by atoms with Crippen molar-refractivity contribution < 1.29 is 4.79 Å². The zero-order chi connectivity index (χ0) is 16.1. The Labute approximate surface area is 153 Å². The number of carbonyl (C=O) groups excluding carboxylic acids is 1. The fourth-order valence-electron chi connectivity index (χ4n) is 2.85. The van der Waals surface area contributed by atoms with Gasteiger partial charge in [-0.2, -0.15) is 0 Å². The van der Waals surface area contributed by atoms with Gasteiger partial charge < -0.3 is 15.6 Å². The minimum atomic E-state index is 0. The number of carbonyl (C=O) groups is 1. The Morgan fingerprint density at radius 1 is 1.46 bits per heavy atom. The van der Waals surface area contributed by atoms with Crippen LogP contribution < -0.4 is 10.6 Å². The van der Waals surface area contributed by atoms with Gasteiger partial charge in [-0.1, -0.05) is 12.1 Å². The summed E-state index contributed by atoms with van der Waals surface area (Å²) in [6.07, 6.45) is 2.41. The number of aromatic amines is 1. The van der Waals surface area contributed by atoms with Crippen molar-refractivity contribution in [1.82, 2.24) is 20.6 Å². The molecule has 1 aliphatic heterocycles. The number of amides is 1. The number of thioether (sulfide) groups is 1. The van der Waals surface area contributed by atoms with E-state index in [0.29, 0.717) is 11.7 Å². The van der Waals surface area contributed by atoms with E-state index in [1.165, 1.54) is 12.8 Å². The first-order chi connectivity index (χ1) is 11.2. The quantitative estimate of drug-likeness (QED) is 0.733. The Morgan fingerprint density at radius 2 is 2.29 bits per heavy atom. The van der Waals surface area contributed by atoms with Gasteiger partial charge in [-0.15, -0.1) is 24.2 Å². The van der Waals surface area contributed by atoms with E-state index in [1.807, 2.05) is 24.3 Å². The molecule has 2 atom stereocenters. The van der Waals surface area contributed by atoms with Gasteiger partial charge in [0, 0.05) is 6.54 Å². The van der Waals surface area contributed by atoms with E-state index < -0.39 is 0 Å². The maximum Gasteiger partial charge on any atom is 0.230 e. The molecule has 1 aromatic heterocycles. The smallest absolute Gasteiger partial charge is 0.230 e. The minimum absolute atomic E-state index is 0. The van der Waals surface area contributed by atoms with Gasteiger partial charge in [0.15, 0.2) is 0 Å². The third kappa shape index (κ3) is 5.13. The van der Waals surface area contributed by atoms with E-state index >= 15 is 0 Å². The number of H-pyrrole nitrogens is 1. The van der Waals surface area contributed by atoms with Crippen molar-refractivity contribution in [1.29, 1.82) is 0 Å². The molecule has 24 heavy (non-hydrogen) atoms. The van der Waals surface area contributed by atoms with Gasteiger partial charge >= 0.3 is 0 Å². The van der Waals surface area contributed by atoms with Crippen molar-refractivity contribution >= 4 is 41.1 Å². The number of piperidine rings is 1. The van der Waals surface area contributed by atoms with Gasteiger partial charge in [0.1, 0.15) is 5.82 Å². The first-order valence-electron chi connectivity index (χ1n) is 8.26. The molecule has 7 heteroatoms. The summed E-state index contributed by atoms with van der Waals surface area (Å²) in [7, 11) is 0. The van der Waals surface area contributed by atoms with Crippen LogP contribution in [0.1, 0.15) is 30.8 Å². The van der Waals surface area contributed by atoms with Crippen molar-refractivity contribution in [2.45, 2.75) is 25.0 Å². The first-order valence-corrected chi connectivity index (χ1v) is 9.31. The second-order valence-corrected chi connectivity index (χ2v) is 7.44. The zero-order valence-electron chi connectivity index (χ0n) is 13.9. The van der Waals surface area contributed by atoms with Crippen LogP contribution in [0.4, 0.5) is 0 Å². The lowest BCUT2D eigenvalue weighted by Gasteiger charge is -2.22. The largest absolute Gasteiger partial charge is 0.355 e. The maximum atomic E-state index is 12.0. The van der Waals surface area contributed by atoms with Crippen LogP contribution in [-0.4, -0.2) is 41.3 Å². The van der Waals surface area contributed by atoms with Crippen LogP contribution in [0.3, 0.4) is 0 Å². The van der Waals surface area contributed by atoms with E-state index in [9.17, 15) is 4.79 Å². The summed E-state index contributed by atoms with van der Waals surface area (Å²) < 4.78 is 0. The number of nitrogens with zero attached hydrogens (tertiary/aromatic N) is 1. The topological polar surface area (TPSA) is 69.8 Å². The molecule has 0 saturated carbocycles. The number of imidazole rings is 1. The Hall–Kier alpha value is -1.24.